The molecule has 22 heavy (non-hydrogen) atoms. The molecular weight excluding hydrogens is 345 g/mol. The molecule has 1 aromatic carbocycles. The van der Waals surface area contributed by atoms with Crippen LogP contribution in [-0.4, -0.2) is 26.1 Å². The minimum absolute atomic E-state index is 0.0543. The Balaban J connectivity index is 1.67. The van der Waals surface area contributed by atoms with E-state index in [1.54, 1.807) is 29.5 Å². The molecule has 0 aliphatic rings. The van der Waals surface area contributed by atoms with E-state index < -0.39 is 0 Å². The number of aromatic nitrogens is 4. The van der Waals surface area contributed by atoms with Crippen LogP contribution in [0.1, 0.15) is 0 Å². The first-order valence-electron chi connectivity index (χ1n) is 6.16. The van der Waals surface area contributed by atoms with E-state index in [4.69, 9.17) is 23.2 Å². The maximum Gasteiger partial charge on any atom is 0.248 e. The van der Waals surface area contributed by atoms with Crippen LogP contribution in [0.3, 0.4) is 0 Å². The van der Waals surface area contributed by atoms with Crippen LogP contribution in [0.4, 0.5) is 5.69 Å². The molecule has 0 unspecified atom stereocenters. The molecule has 0 spiro atoms. The Labute approximate surface area is 139 Å². The van der Waals surface area contributed by atoms with Crippen molar-refractivity contribution >= 4 is 46.1 Å². The van der Waals surface area contributed by atoms with Crippen LogP contribution >= 0.6 is 34.5 Å². The quantitative estimate of drug-likeness (QED) is 0.780. The Kier molecular flexibility index (Phi) is 4.37. The lowest BCUT2D eigenvalue weighted by molar-refractivity contribution is -0.117. The monoisotopic (exact) mass is 353 g/mol. The Morgan fingerprint density at radius 1 is 1.27 bits per heavy atom. The lowest BCUT2D eigenvalue weighted by Crippen LogP contribution is -2.20. The van der Waals surface area contributed by atoms with Gasteiger partial charge in [-0.3, -0.25) is 4.79 Å². The van der Waals surface area contributed by atoms with E-state index in [1.165, 1.54) is 4.80 Å². The molecule has 2 aromatic heterocycles. The molecule has 3 rings (SSSR count). The fourth-order valence-corrected chi connectivity index (χ4v) is 2.93. The van der Waals surface area contributed by atoms with Gasteiger partial charge >= 0.3 is 0 Å². The number of amides is 1. The van der Waals surface area contributed by atoms with Crippen molar-refractivity contribution in [2.45, 2.75) is 6.54 Å². The highest BCUT2D eigenvalue weighted by Crippen LogP contribution is 2.22. The number of thiophene rings is 1. The number of hydrogen-bond acceptors (Lipinski definition) is 5. The Morgan fingerprint density at radius 2 is 2.05 bits per heavy atom. The number of halogens is 2. The van der Waals surface area contributed by atoms with E-state index in [-0.39, 0.29) is 12.5 Å². The van der Waals surface area contributed by atoms with Gasteiger partial charge in [-0.05, 0) is 34.9 Å². The van der Waals surface area contributed by atoms with Gasteiger partial charge in [0.05, 0.1) is 0 Å². The molecule has 2 heterocycles. The third-order valence-corrected chi connectivity index (χ3v) is 3.78. The zero-order valence-corrected chi connectivity index (χ0v) is 13.4. The normalized spacial score (nSPS) is 10.6. The van der Waals surface area contributed by atoms with Gasteiger partial charge in [0, 0.05) is 26.7 Å². The number of nitrogens with zero attached hydrogens (tertiary/aromatic N) is 4. The van der Waals surface area contributed by atoms with Gasteiger partial charge in [0.15, 0.2) is 0 Å². The summed E-state index contributed by atoms with van der Waals surface area (Å²) < 4.78 is 0. The Bertz CT molecular complexity index is 782. The number of carbonyl (C=O) groups is 1. The fourth-order valence-electron chi connectivity index (χ4n) is 1.77. The van der Waals surface area contributed by atoms with E-state index in [1.807, 2.05) is 16.8 Å². The SMILES string of the molecule is O=C(Cn1nnc(-c2ccsc2)n1)Nc1cc(Cl)cc(Cl)c1. The number of tetrazole rings is 1. The highest BCUT2D eigenvalue weighted by atomic mass is 35.5. The summed E-state index contributed by atoms with van der Waals surface area (Å²) in [6.07, 6.45) is 0. The third-order valence-electron chi connectivity index (χ3n) is 2.66. The van der Waals surface area contributed by atoms with Crippen LogP contribution in [0.25, 0.3) is 11.4 Å². The molecule has 0 fully saturated rings. The van der Waals surface area contributed by atoms with Crippen molar-refractivity contribution in [2.75, 3.05) is 5.32 Å². The third kappa shape index (κ3) is 3.62. The van der Waals surface area contributed by atoms with E-state index in [9.17, 15) is 4.79 Å². The molecule has 0 aliphatic carbocycles. The van der Waals surface area contributed by atoms with Crippen LogP contribution in [0.15, 0.2) is 35.0 Å². The summed E-state index contributed by atoms with van der Waals surface area (Å²) in [5.74, 6) is 0.187. The number of carbonyl (C=O) groups excluding carboxylic acids is 1. The first-order valence-corrected chi connectivity index (χ1v) is 7.86. The van der Waals surface area contributed by atoms with Gasteiger partial charge in [-0.15, -0.1) is 10.2 Å². The molecule has 0 atom stereocenters. The number of rotatable bonds is 4. The summed E-state index contributed by atoms with van der Waals surface area (Å²) in [6.45, 7) is -0.0543. The van der Waals surface area contributed by atoms with Crippen molar-refractivity contribution in [3.8, 4) is 11.4 Å². The predicted octanol–water partition coefficient (Wildman–Crippen LogP) is 3.35. The molecular formula is C13H9Cl2N5OS. The largest absolute Gasteiger partial charge is 0.324 e. The average molecular weight is 354 g/mol. The Morgan fingerprint density at radius 3 is 2.73 bits per heavy atom. The van der Waals surface area contributed by atoms with Gasteiger partial charge < -0.3 is 5.32 Å². The highest BCUT2D eigenvalue weighted by molar-refractivity contribution is 7.08. The lowest BCUT2D eigenvalue weighted by atomic mass is 10.3. The molecule has 1 amide bonds. The fraction of sp³-hybridized carbons (Fsp3) is 0.0769. The van der Waals surface area contributed by atoms with Gasteiger partial charge in [0.25, 0.3) is 0 Å². The van der Waals surface area contributed by atoms with E-state index in [2.05, 4.69) is 20.7 Å². The van der Waals surface area contributed by atoms with Crippen LogP contribution in [0.5, 0.6) is 0 Å². The van der Waals surface area contributed by atoms with Crippen molar-refractivity contribution < 1.29 is 4.79 Å². The van der Waals surface area contributed by atoms with E-state index in [0.717, 1.165) is 5.56 Å². The molecule has 6 nitrogen and oxygen atoms in total. The summed E-state index contributed by atoms with van der Waals surface area (Å²) in [7, 11) is 0. The van der Waals surface area contributed by atoms with Crippen molar-refractivity contribution in [3.63, 3.8) is 0 Å². The second-order valence-corrected chi connectivity index (χ2v) is 6.01. The van der Waals surface area contributed by atoms with Crippen LogP contribution in [0.2, 0.25) is 10.0 Å². The van der Waals surface area contributed by atoms with Gasteiger partial charge in [-0.1, -0.05) is 23.2 Å². The van der Waals surface area contributed by atoms with Gasteiger partial charge in [0.2, 0.25) is 11.7 Å². The van der Waals surface area contributed by atoms with Gasteiger partial charge in [0.1, 0.15) is 6.54 Å². The predicted molar refractivity (Wildman–Crippen MR) is 86.2 cm³/mol. The smallest absolute Gasteiger partial charge is 0.248 e. The molecule has 9 heteroatoms. The van der Waals surface area contributed by atoms with Crippen LogP contribution < -0.4 is 5.32 Å². The van der Waals surface area contributed by atoms with Crippen LogP contribution in [0, 0.1) is 0 Å². The van der Waals surface area contributed by atoms with Crippen molar-refractivity contribution in [1.82, 2.24) is 20.2 Å². The minimum atomic E-state index is -0.299. The first-order chi connectivity index (χ1) is 10.6. The Hall–Kier alpha value is -1.96. The first kappa shape index (κ1) is 15.0. The molecule has 0 aliphatic heterocycles. The molecule has 3 aromatic rings. The summed E-state index contributed by atoms with van der Waals surface area (Å²) >= 11 is 13.3. The molecule has 0 radical (unpaired) electrons. The second-order valence-electron chi connectivity index (χ2n) is 4.36. The molecule has 0 saturated heterocycles. The topological polar surface area (TPSA) is 72.7 Å². The molecule has 0 bridgehead atoms. The average Bonchev–Trinajstić information content (AvgIpc) is 3.07. The standard InChI is InChI=1S/C13H9Cl2N5OS/c14-9-3-10(15)5-11(4-9)16-12(21)6-20-18-13(17-19-20)8-1-2-22-7-8/h1-5,7H,6H2,(H,16,21). The zero-order valence-electron chi connectivity index (χ0n) is 11.0. The minimum Gasteiger partial charge on any atom is -0.324 e. The van der Waals surface area contributed by atoms with Crippen molar-refractivity contribution in [1.29, 1.82) is 0 Å². The summed E-state index contributed by atoms with van der Waals surface area (Å²) in [5, 5.41) is 19.3. The zero-order chi connectivity index (χ0) is 15.5. The number of anilines is 1. The maximum atomic E-state index is 12.0. The number of nitrogens with one attached hydrogen (secondary N) is 1. The molecule has 0 saturated carbocycles. The van der Waals surface area contributed by atoms with E-state index in [0.29, 0.717) is 21.6 Å². The molecule has 1 N–H and O–H groups in total. The summed E-state index contributed by atoms with van der Waals surface area (Å²) in [5.41, 5.74) is 1.39. The summed E-state index contributed by atoms with van der Waals surface area (Å²) in [4.78, 5) is 13.2. The van der Waals surface area contributed by atoms with E-state index >= 15 is 0 Å². The lowest BCUT2D eigenvalue weighted by Gasteiger charge is -2.05. The molecule has 112 valence electrons. The van der Waals surface area contributed by atoms with Crippen LogP contribution in [-0.2, 0) is 11.3 Å². The van der Waals surface area contributed by atoms with Gasteiger partial charge in [-0.25, -0.2) is 0 Å². The maximum absolute atomic E-state index is 12.0. The highest BCUT2D eigenvalue weighted by Gasteiger charge is 2.10. The van der Waals surface area contributed by atoms with Gasteiger partial charge in [-0.2, -0.15) is 16.1 Å². The summed E-state index contributed by atoms with van der Waals surface area (Å²) in [6, 6.07) is 6.69. The van der Waals surface area contributed by atoms with Crippen molar-refractivity contribution in [3.05, 3.63) is 45.1 Å². The number of hydrogen-bond donors (Lipinski definition) is 1. The van der Waals surface area contributed by atoms with Crippen molar-refractivity contribution in [2.24, 2.45) is 0 Å². The number of benzene rings is 1. The second kappa shape index (κ2) is 6.43.